The standard InChI is InChI=1S/C17H28O2.C16H26O3.C15H19F3O4.C13H18O4/c1-5-16(2,3)15(18)19-17(4)13-7-11-6-12(9-13)10-14(17)8-11;1-4-14(2,3)13(17)19-16-8-11-5-12(9-16)7-15(18,6-11)10-16;1-4-13(2,3)11(19)21-9-7-5-8-10(9)22-12(20)14(8,6-7)15(16,17)18;1-3-6(2)12(14)16-10-7-4-8-9(5-7)13(15)17-11(8)10/h11-14H,5-10H2,1-4H3;11-12,18H,4-10H2,1-3H3;7-10H,4-6H2,1-3H3;6-11H,3-5H2,1-2H3. The normalized spacial score (nSPS) is 43.0. The van der Waals surface area contributed by atoms with E-state index in [-0.39, 0.29) is 77.4 Å². The first-order valence-electron chi connectivity index (χ1n) is 29.9. The van der Waals surface area contributed by atoms with Gasteiger partial charge >= 0.3 is 42.0 Å². The minimum Gasteiger partial charge on any atom is -0.459 e. The first-order valence-corrected chi connectivity index (χ1v) is 29.9. The van der Waals surface area contributed by atoms with Crippen LogP contribution in [0.25, 0.3) is 0 Å². The van der Waals surface area contributed by atoms with Crippen molar-refractivity contribution in [3.63, 3.8) is 0 Å². The minimum atomic E-state index is -4.62. The summed E-state index contributed by atoms with van der Waals surface area (Å²) in [4.78, 5) is 72.2. The van der Waals surface area contributed by atoms with E-state index in [1.54, 1.807) is 13.8 Å². The van der Waals surface area contributed by atoms with E-state index in [0.717, 1.165) is 69.6 Å². The summed E-state index contributed by atoms with van der Waals surface area (Å²) in [6, 6.07) is 0. The maximum absolute atomic E-state index is 13.4. The Labute approximate surface area is 455 Å². The zero-order chi connectivity index (χ0) is 56.4. The van der Waals surface area contributed by atoms with Crippen molar-refractivity contribution in [1.82, 2.24) is 0 Å². The molecular weight excluding hydrogens is 998 g/mol. The highest BCUT2D eigenvalue weighted by Crippen LogP contribution is 2.68. The van der Waals surface area contributed by atoms with Gasteiger partial charge in [0.1, 0.15) is 35.6 Å². The van der Waals surface area contributed by atoms with E-state index in [2.05, 4.69) is 13.8 Å². The Kier molecular flexibility index (Phi) is 15.3. The number of carbonyl (C=O) groups excluding carboxylic acids is 6. The summed E-state index contributed by atoms with van der Waals surface area (Å²) in [6.07, 6.45) is 10.3. The molecule has 1 N–H and O–H groups in total. The fourth-order valence-electron chi connectivity index (χ4n) is 17.0. The van der Waals surface area contributed by atoms with Crippen molar-refractivity contribution in [3.8, 4) is 0 Å². The van der Waals surface area contributed by atoms with E-state index in [1.807, 2.05) is 55.4 Å². The maximum Gasteiger partial charge on any atom is 0.405 e. The summed E-state index contributed by atoms with van der Waals surface area (Å²) in [5.74, 6) is 1.56. The van der Waals surface area contributed by atoms with E-state index in [0.29, 0.717) is 48.3 Å². The van der Waals surface area contributed by atoms with E-state index in [1.165, 1.54) is 38.5 Å². The lowest BCUT2D eigenvalue weighted by Gasteiger charge is -2.59. The molecule has 77 heavy (non-hydrogen) atoms. The molecule has 16 heteroatoms. The average Bonchev–Trinajstić information content (AvgIpc) is 4.23. The smallest absolute Gasteiger partial charge is 0.405 e. The summed E-state index contributed by atoms with van der Waals surface area (Å²) < 4.78 is 73.6. The van der Waals surface area contributed by atoms with E-state index >= 15 is 0 Å². The monoisotopic (exact) mass is 1090 g/mol. The number of esters is 6. The number of hydrogen-bond donors (Lipinski definition) is 1. The fraction of sp³-hybridized carbons (Fsp3) is 0.902. The van der Waals surface area contributed by atoms with Gasteiger partial charge in [0.25, 0.3) is 0 Å². The predicted molar refractivity (Wildman–Crippen MR) is 276 cm³/mol. The highest BCUT2D eigenvalue weighted by atomic mass is 19.4. The molecule has 2 aliphatic heterocycles. The van der Waals surface area contributed by atoms with Crippen LogP contribution in [-0.2, 0) is 57.2 Å². The molecule has 2 heterocycles. The molecule has 14 aliphatic rings. The third-order valence-corrected chi connectivity index (χ3v) is 22.7. The molecule has 12 saturated carbocycles. The Morgan fingerprint density at radius 1 is 0.636 bits per heavy atom. The second-order valence-electron chi connectivity index (χ2n) is 29.0. The summed E-state index contributed by atoms with van der Waals surface area (Å²) in [5.41, 5.74) is -4.92. The van der Waals surface area contributed by atoms with Crippen LogP contribution >= 0.6 is 0 Å². The fourth-order valence-corrected chi connectivity index (χ4v) is 17.0. The molecule has 13 nitrogen and oxygen atoms in total. The number of halogens is 3. The molecule has 0 aromatic heterocycles. The van der Waals surface area contributed by atoms with E-state index in [4.69, 9.17) is 28.4 Å². The third-order valence-electron chi connectivity index (χ3n) is 22.7. The molecule has 0 spiro atoms. The van der Waals surface area contributed by atoms with Gasteiger partial charge in [-0.25, -0.2) is 0 Å². The summed E-state index contributed by atoms with van der Waals surface area (Å²) in [5, 5.41) is 10.6. The number of fused-ring (bicyclic) bond motifs is 2. The van der Waals surface area contributed by atoms with Crippen molar-refractivity contribution >= 4 is 35.8 Å². The molecule has 0 aromatic rings. The highest BCUT2D eigenvalue weighted by Gasteiger charge is 2.80. The topological polar surface area (TPSA) is 178 Å². The van der Waals surface area contributed by atoms with E-state index in [9.17, 15) is 47.0 Å². The molecule has 12 aliphatic carbocycles. The van der Waals surface area contributed by atoms with Gasteiger partial charge < -0.3 is 33.5 Å². The molecule has 434 valence electrons. The number of ether oxygens (including phenoxy) is 6. The number of carbonyl (C=O) groups is 6. The van der Waals surface area contributed by atoms with Crippen molar-refractivity contribution in [2.24, 2.45) is 92.7 Å². The first kappa shape index (κ1) is 58.2. The van der Waals surface area contributed by atoms with Crippen LogP contribution in [0, 0.1) is 92.7 Å². The highest BCUT2D eigenvalue weighted by molar-refractivity contribution is 5.83. The first-order chi connectivity index (χ1) is 35.8. The average molecular weight is 1090 g/mol. The van der Waals surface area contributed by atoms with Gasteiger partial charge in [0, 0.05) is 30.1 Å². The molecule has 0 radical (unpaired) electrons. The van der Waals surface area contributed by atoms with Crippen molar-refractivity contribution < 1.29 is 75.5 Å². The number of alkyl halides is 3. The van der Waals surface area contributed by atoms with Crippen LogP contribution in [0.15, 0.2) is 0 Å². The Morgan fingerprint density at radius 3 is 1.68 bits per heavy atom. The number of rotatable bonds is 12. The number of aliphatic hydroxyl groups is 1. The molecule has 13 unspecified atom stereocenters. The summed E-state index contributed by atoms with van der Waals surface area (Å²) in [6.45, 7) is 23.4. The van der Waals surface area contributed by atoms with Gasteiger partial charge in [-0.05, 0) is 200 Å². The largest absolute Gasteiger partial charge is 0.459 e. The lowest BCUT2D eigenvalue weighted by Crippen LogP contribution is -2.61. The Morgan fingerprint density at radius 2 is 1.16 bits per heavy atom. The molecule has 13 atom stereocenters. The molecule has 14 fully saturated rings. The molecule has 14 rings (SSSR count). The third kappa shape index (κ3) is 10.3. The quantitative estimate of drug-likeness (QED) is 0.144. The Hall–Kier alpha value is -3.43. The second kappa shape index (κ2) is 20.2. The zero-order valence-corrected chi connectivity index (χ0v) is 48.2. The van der Waals surface area contributed by atoms with Crippen LogP contribution in [0.3, 0.4) is 0 Å². The van der Waals surface area contributed by atoms with Crippen LogP contribution in [0.2, 0.25) is 0 Å². The van der Waals surface area contributed by atoms with Gasteiger partial charge in [-0.15, -0.1) is 0 Å². The second-order valence-corrected chi connectivity index (χ2v) is 29.0. The van der Waals surface area contributed by atoms with Gasteiger partial charge in [0.05, 0.1) is 33.7 Å². The molecule has 0 amide bonds. The molecule has 12 bridgehead atoms. The van der Waals surface area contributed by atoms with Crippen LogP contribution < -0.4 is 0 Å². The van der Waals surface area contributed by atoms with Crippen molar-refractivity contribution in [2.45, 2.75) is 252 Å². The van der Waals surface area contributed by atoms with Gasteiger partial charge in [-0.3, -0.25) is 28.8 Å². The molecular formula is C61H91F3O13. The van der Waals surface area contributed by atoms with Crippen LogP contribution in [0.5, 0.6) is 0 Å². The van der Waals surface area contributed by atoms with Gasteiger partial charge in [-0.1, -0.05) is 34.6 Å². The summed E-state index contributed by atoms with van der Waals surface area (Å²) in [7, 11) is 0. The Balaban J connectivity index is 0.000000126. The Bertz CT molecular complexity index is 2260. The lowest BCUT2D eigenvalue weighted by atomic mass is 9.50. The maximum atomic E-state index is 13.4. The van der Waals surface area contributed by atoms with Gasteiger partial charge in [-0.2, -0.15) is 13.2 Å². The molecule has 2 saturated heterocycles. The van der Waals surface area contributed by atoms with Gasteiger partial charge in [0.2, 0.25) is 0 Å². The van der Waals surface area contributed by atoms with Crippen molar-refractivity contribution in [1.29, 1.82) is 0 Å². The van der Waals surface area contributed by atoms with Crippen molar-refractivity contribution in [3.05, 3.63) is 0 Å². The van der Waals surface area contributed by atoms with Crippen LogP contribution in [0.1, 0.15) is 205 Å². The van der Waals surface area contributed by atoms with Crippen LogP contribution in [0.4, 0.5) is 13.2 Å². The summed E-state index contributed by atoms with van der Waals surface area (Å²) >= 11 is 0. The zero-order valence-electron chi connectivity index (χ0n) is 48.2. The predicted octanol–water partition coefficient (Wildman–Crippen LogP) is 11.6. The molecule has 0 aromatic carbocycles. The van der Waals surface area contributed by atoms with Crippen molar-refractivity contribution in [2.75, 3.05) is 0 Å². The SMILES string of the molecule is CCC(C)(C)C(=O)OC1(C)C2CC3CC(C2)CC1C3.CCC(C)(C)C(=O)OC12CC3CC(CC(O)(C3)C1)C2.CCC(C)(C)C(=O)OC1C2CC3C1OC(=O)C3(C(F)(F)F)C2.CCC(C)C(=O)OC1C2CC3C(=O)OC1C3C2. The lowest BCUT2D eigenvalue weighted by molar-refractivity contribution is -0.231. The minimum absolute atomic E-state index is 0.0185. The number of hydrogen-bond acceptors (Lipinski definition) is 13. The van der Waals surface area contributed by atoms with Gasteiger partial charge in [0.15, 0.2) is 5.41 Å². The van der Waals surface area contributed by atoms with E-state index < -0.39 is 64.0 Å². The van der Waals surface area contributed by atoms with Crippen LogP contribution in [-0.4, -0.2) is 88.3 Å².